The van der Waals surface area contributed by atoms with Crippen molar-refractivity contribution in [2.75, 3.05) is 5.75 Å². The molecule has 0 spiro atoms. The van der Waals surface area contributed by atoms with Crippen molar-refractivity contribution in [1.82, 2.24) is 14.9 Å². The van der Waals surface area contributed by atoms with Crippen LogP contribution in [-0.2, 0) is 21.9 Å². The molecule has 0 bridgehead atoms. The maximum atomic E-state index is 12.3. The van der Waals surface area contributed by atoms with E-state index >= 15 is 0 Å². The average molecular weight is 397 g/mol. The molecular weight excluding hydrogens is 372 g/mol. The van der Waals surface area contributed by atoms with Gasteiger partial charge in [-0.15, -0.1) is 0 Å². The number of nitrogens with zero attached hydrogens (tertiary/aromatic N) is 2. The minimum atomic E-state index is -3.77. The van der Waals surface area contributed by atoms with E-state index in [2.05, 4.69) is 17.2 Å². The van der Waals surface area contributed by atoms with Gasteiger partial charge < -0.3 is 9.88 Å². The predicted octanol–water partition coefficient (Wildman–Crippen LogP) is 2.01. The second kappa shape index (κ2) is 7.58. The summed E-state index contributed by atoms with van der Waals surface area (Å²) in [7, 11) is -1.92. The summed E-state index contributed by atoms with van der Waals surface area (Å²) in [5, 5.41) is 8.96. The Labute approximate surface area is 157 Å². The number of nitrogens with two attached hydrogens (primary N) is 1. The van der Waals surface area contributed by atoms with Crippen LogP contribution in [0.25, 0.3) is 11.0 Å². The van der Waals surface area contributed by atoms with Gasteiger partial charge in [0.2, 0.25) is 15.9 Å². The zero-order chi connectivity index (χ0) is 18.9. The van der Waals surface area contributed by atoms with Crippen molar-refractivity contribution in [3.8, 4) is 0 Å². The third-order valence-electron chi connectivity index (χ3n) is 4.93. The molecule has 2 aromatic rings. The molecule has 1 amide bonds. The van der Waals surface area contributed by atoms with Crippen LogP contribution in [0.15, 0.2) is 28.3 Å². The summed E-state index contributed by atoms with van der Waals surface area (Å²) in [4.78, 5) is 16.8. The molecule has 26 heavy (non-hydrogen) atoms. The third kappa shape index (κ3) is 4.21. The molecule has 3 N–H and O–H groups in total. The SMILES string of the molecule is CC1CCCCC1NC(=O)CSc1nc2cc(S(N)(=O)=O)ccc2n1C. The molecule has 1 saturated carbocycles. The molecule has 1 aromatic carbocycles. The lowest BCUT2D eigenvalue weighted by atomic mass is 9.86. The number of fused-ring (bicyclic) bond motifs is 1. The fraction of sp³-hybridized carbons (Fsp3) is 0.529. The Balaban J connectivity index is 1.68. The van der Waals surface area contributed by atoms with Gasteiger partial charge in [-0.25, -0.2) is 18.5 Å². The van der Waals surface area contributed by atoms with E-state index in [-0.39, 0.29) is 22.6 Å². The molecule has 1 heterocycles. The van der Waals surface area contributed by atoms with E-state index in [9.17, 15) is 13.2 Å². The zero-order valence-corrected chi connectivity index (χ0v) is 16.6. The number of rotatable bonds is 5. The van der Waals surface area contributed by atoms with Crippen LogP contribution >= 0.6 is 11.8 Å². The maximum Gasteiger partial charge on any atom is 0.238 e. The number of imidazole rings is 1. The summed E-state index contributed by atoms with van der Waals surface area (Å²) in [5.41, 5.74) is 1.34. The highest BCUT2D eigenvalue weighted by molar-refractivity contribution is 7.99. The Hall–Kier alpha value is -1.58. The number of carbonyl (C=O) groups excluding carboxylic acids is 1. The smallest absolute Gasteiger partial charge is 0.238 e. The van der Waals surface area contributed by atoms with Gasteiger partial charge in [0.1, 0.15) is 0 Å². The van der Waals surface area contributed by atoms with Crippen LogP contribution in [-0.4, -0.2) is 35.7 Å². The molecule has 1 aliphatic rings. The van der Waals surface area contributed by atoms with Crippen molar-refractivity contribution in [2.24, 2.45) is 18.1 Å². The number of benzene rings is 1. The Morgan fingerprint density at radius 2 is 2.12 bits per heavy atom. The predicted molar refractivity (Wildman–Crippen MR) is 102 cm³/mol. The maximum absolute atomic E-state index is 12.3. The number of aryl methyl sites for hydroxylation is 1. The normalized spacial score (nSPS) is 21.0. The number of amides is 1. The molecule has 2 unspecified atom stereocenters. The van der Waals surface area contributed by atoms with E-state index in [1.807, 2.05) is 11.6 Å². The van der Waals surface area contributed by atoms with Crippen molar-refractivity contribution in [3.05, 3.63) is 18.2 Å². The summed E-state index contributed by atoms with van der Waals surface area (Å²) in [6.07, 6.45) is 4.61. The van der Waals surface area contributed by atoms with Gasteiger partial charge >= 0.3 is 0 Å². The third-order valence-corrected chi connectivity index (χ3v) is 6.87. The van der Waals surface area contributed by atoms with Gasteiger partial charge in [0, 0.05) is 13.1 Å². The first-order valence-corrected chi connectivity index (χ1v) is 11.2. The highest BCUT2D eigenvalue weighted by atomic mass is 32.2. The van der Waals surface area contributed by atoms with Crippen LogP contribution < -0.4 is 10.5 Å². The second-order valence-electron chi connectivity index (χ2n) is 6.87. The quantitative estimate of drug-likeness (QED) is 0.752. The van der Waals surface area contributed by atoms with Crippen LogP contribution in [0.2, 0.25) is 0 Å². The molecule has 0 saturated heterocycles. The van der Waals surface area contributed by atoms with Gasteiger partial charge in [0.15, 0.2) is 5.16 Å². The van der Waals surface area contributed by atoms with E-state index < -0.39 is 10.0 Å². The summed E-state index contributed by atoms with van der Waals surface area (Å²) in [5.74, 6) is 0.804. The van der Waals surface area contributed by atoms with Gasteiger partial charge in [0.25, 0.3) is 0 Å². The highest BCUT2D eigenvalue weighted by Crippen LogP contribution is 2.26. The molecule has 2 atom stereocenters. The summed E-state index contributed by atoms with van der Waals surface area (Å²) >= 11 is 1.34. The Kier molecular flexibility index (Phi) is 5.59. The first kappa shape index (κ1) is 19.2. The minimum Gasteiger partial charge on any atom is -0.352 e. The lowest BCUT2D eigenvalue weighted by Crippen LogP contribution is -2.41. The molecule has 3 rings (SSSR count). The molecule has 7 nitrogen and oxygen atoms in total. The molecule has 0 aliphatic heterocycles. The van der Waals surface area contributed by atoms with Crippen molar-refractivity contribution in [2.45, 2.75) is 48.7 Å². The van der Waals surface area contributed by atoms with Gasteiger partial charge in [-0.2, -0.15) is 0 Å². The van der Waals surface area contributed by atoms with Crippen LogP contribution in [0.1, 0.15) is 32.6 Å². The monoisotopic (exact) mass is 396 g/mol. The van der Waals surface area contributed by atoms with Crippen LogP contribution in [0.3, 0.4) is 0 Å². The summed E-state index contributed by atoms with van der Waals surface area (Å²) in [6, 6.07) is 4.86. The molecule has 142 valence electrons. The number of primary sulfonamides is 1. The summed E-state index contributed by atoms with van der Waals surface area (Å²) < 4.78 is 24.8. The van der Waals surface area contributed by atoms with Crippen LogP contribution in [0.5, 0.6) is 0 Å². The number of nitrogens with one attached hydrogen (secondary N) is 1. The number of hydrogen-bond donors (Lipinski definition) is 2. The molecule has 9 heteroatoms. The molecule has 1 aromatic heterocycles. The number of aromatic nitrogens is 2. The van der Waals surface area contributed by atoms with E-state index in [4.69, 9.17) is 5.14 Å². The fourth-order valence-corrected chi connectivity index (χ4v) is 4.70. The van der Waals surface area contributed by atoms with Crippen LogP contribution in [0, 0.1) is 5.92 Å². The highest BCUT2D eigenvalue weighted by Gasteiger charge is 2.23. The standard InChI is InChI=1S/C17H24N4O3S2/c1-11-5-3-4-6-13(11)19-16(22)10-25-17-20-14-9-12(26(18,23)24)7-8-15(14)21(17)2/h7-9,11,13H,3-6,10H2,1-2H3,(H,19,22)(H2,18,23,24). The first-order chi connectivity index (χ1) is 12.3. The van der Waals surface area contributed by atoms with Gasteiger partial charge in [-0.3, -0.25) is 4.79 Å². The van der Waals surface area contributed by atoms with Gasteiger partial charge in [-0.05, 0) is 37.0 Å². The molecule has 1 aliphatic carbocycles. The van der Waals surface area contributed by atoms with Crippen molar-refractivity contribution in [3.63, 3.8) is 0 Å². The van der Waals surface area contributed by atoms with E-state index in [1.165, 1.54) is 36.7 Å². The average Bonchev–Trinajstić information content (AvgIpc) is 2.90. The van der Waals surface area contributed by atoms with Gasteiger partial charge in [0.05, 0.1) is 21.7 Å². The number of sulfonamides is 1. The van der Waals surface area contributed by atoms with Crippen LogP contribution in [0.4, 0.5) is 0 Å². The van der Waals surface area contributed by atoms with E-state index in [0.717, 1.165) is 18.4 Å². The second-order valence-corrected chi connectivity index (χ2v) is 9.38. The molecule has 1 fully saturated rings. The van der Waals surface area contributed by atoms with E-state index in [1.54, 1.807) is 6.07 Å². The van der Waals surface area contributed by atoms with Crippen molar-refractivity contribution < 1.29 is 13.2 Å². The minimum absolute atomic E-state index is 0.00558. The Bertz CT molecular complexity index is 923. The Morgan fingerprint density at radius 3 is 2.81 bits per heavy atom. The molecule has 0 radical (unpaired) electrons. The van der Waals surface area contributed by atoms with E-state index in [0.29, 0.717) is 16.6 Å². The lowest BCUT2D eigenvalue weighted by molar-refractivity contribution is -0.119. The van der Waals surface area contributed by atoms with Gasteiger partial charge in [-0.1, -0.05) is 31.5 Å². The largest absolute Gasteiger partial charge is 0.352 e. The topological polar surface area (TPSA) is 107 Å². The summed E-state index contributed by atoms with van der Waals surface area (Å²) in [6.45, 7) is 2.19. The molecular formula is C17H24N4O3S2. The zero-order valence-electron chi connectivity index (χ0n) is 14.9. The Morgan fingerprint density at radius 1 is 1.38 bits per heavy atom. The lowest BCUT2D eigenvalue weighted by Gasteiger charge is -2.29. The number of carbonyl (C=O) groups is 1. The number of thioether (sulfide) groups is 1. The number of hydrogen-bond acceptors (Lipinski definition) is 5. The fourth-order valence-electron chi connectivity index (χ4n) is 3.37. The van der Waals surface area contributed by atoms with Crippen molar-refractivity contribution in [1.29, 1.82) is 0 Å². The first-order valence-electron chi connectivity index (χ1n) is 8.67. The van der Waals surface area contributed by atoms with Crippen molar-refractivity contribution >= 4 is 38.7 Å².